The summed E-state index contributed by atoms with van der Waals surface area (Å²) in [4.78, 5) is 0. The van der Waals surface area contributed by atoms with Crippen molar-refractivity contribution in [2.75, 3.05) is 59.1 Å². The van der Waals surface area contributed by atoms with Crippen LogP contribution in [0.25, 0.3) is 0 Å². The van der Waals surface area contributed by atoms with Gasteiger partial charge in [-0.25, -0.2) is 0 Å². The quantitative estimate of drug-likeness (QED) is 0.0637. The molecule has 0 aliphatic carbocycles. The third kappa shape index (κ3) is 33.4. The zero-order valence-corrected chi connectivity index (χ0v) is 26.4. The van der Waals surface area contributed by atoms with Crippen molar-refractivity contribution in [3.05, 3.63) is 12.3 Å². The highest BCUT2D eigenvalue weighted by atomic mass is 16.5. The van der Waals surface area contributed by atoms with Crippen LogP contribution in [0.4, 0.5) is 0 Å². The van der Waals surface area contributed by atoms with Gasteiger partial charge < -0.3 is 31.2 Å². The molecule has 0 aromatic heterocycles. The van der Waals surface area contributed by atoms with E-state index in [4.69, 9.17) is 15.2 Å². The van der Waals surface area contributed by atoms with Crippen molar-refractivity contribution in [3.63, 3.8) is 0 Å². The predicted molar refractivity (Wildman–Crippen MR) is 172 cm³/mol. The maximum Gasteiger partial charge on any atom is 0.0979 e. The number of hydrogen-bond acceptors (Lipinski definition) is 6. The first kappa shape index (κ1) is 38.3. The van der Waals surface area contributed by atoms with E-state index in [2.05, 4.69) is 35.9 Å². The van der Waals surface area contributed by atoms with Gasteiger partial charge in [-0.05, 0) is 65.0 Å². The molecule has 0 saturated carbocycles. The lowest BCUT2D eigenvalue weighted by Crippen LogP contribution is -2.31. The van der Waals surface area contributed by atoms with Crippen molar-refractivity contribution < 1.29 is 9.47 Å². The Morgan fingerprint density at radius 2 is 1.18 bits per heavy atom. The van der Waals surface area contributed by atoms with Crippen LogP contribution < -0.4 is 21.7 Å². The van der Waals surface area contributed by atoms with E-state index in [1.165, 1.54) is 116 Å². The molecule has 1 atom stereocenters. The molecule has 0 radical (unpaired) electrons. The van der Waals surface area contributed by atoms with Crippen molar-refractivity contribution in [1.29, 1.82) is 0 Å². The molecule has 1 unspecified atom stereocenters. The average molecular weight is 555 g/mol. The van der Waals surface area contributed by atoms with Gasteiger partial charge >= 0.3 is 0 Å². The highest BCUT2D eigenvalue weighted by molar-refractivity contribution is 4.82. The van der Waals surface area contributed by atoms with Gasteiger partial charge in [-0.1, -0.05) is 109 Å². The minimum absolute atomic E-state index is 0.112. The van der Waals surface area contributed by atoms with E-state index in [-0.39, 0.29) is 6.10 Å². The number of nitrogens with two attached hydrogens (primary N) is 1. The van der Waals surface area contributed by atoms with Gasteiger partial charge in [0.2, 0.25) is 0 Å². The fourth-order valence-corrected chi connectivity index (χ4v) is 4.75. The molecular weight excluding hydrogens is 484 g/mol. The van der Waals surface area contributed by atoms with Crippen LogP contribution in [0.5, 0.6) is 0 Å². The van der Waals surface area contributed by atoms with E-state index < -0.39 is 0 Å². The Morgan fingerprint density at radius 3 is 1.74 bits per heavy atom. The van der Waals surface area contributed by atoms with Gasteiger partial charge in [0.05, 0.1) is 12.7 Å². The third-order valence-electron chi connectivity index (χ3n) is 7.21. The molecule has 0 aliphatic rings. The molecular formula is C33H70N4O2. The van der Waals surface area contributed by atoms with E-state index in [0.717, 1.165) is 58.9 Å². The summed E-state index contributed by atoms with van der Waals surface area (Å²) >= 11 is 0. The van der Waals surface area contributed by atoms with Crippen LogP contribution >= 0.6 is 0 Å². The average Bonchev–Trinajstić information content (AvgIpc) is 2.94. The molecule has 0 aromatic carbocycles. The topological polar surface area (TPSA) is 80.6 Å². The smallest absolute Gasteiger partial charge is 0.0979 e. The SMILES string of the molecule is CCCCCCCCCCCCCCCCCCOCC(CNC=CCNCCCCNCCCN)OCC. The standard InChI is InChI=1S/C33H70N4O2/c1-3-5-6-7-8-9-10-11-12-13-14-15-16-17-18-21-30-38-32-33(39-4-2)31-37-29-23-28-36-26-20-19-25-35-27-22-24-34/h23,29,33,35-37H,3-22,24-28,30-32,34H2,1-2H3. The Labute approximate surface area is 244 Å². The lowest BCUT2D eigenvalue weighted by Gasteiger charge is -2.17. The maximum atomic E-state index is 5.92. The van der Waals surface area contributed by atoms with Crippen molar-refractivity contribution in [2.24, 2.45) is 5.73 Å². The predicted octanol–water partition coefficient (Wildman–Crippen LogP) is 7.08. The second-order valence-electron chi connectivity index (χ2n) is 11.1. The fourth-order valence-electron chi connectivity index (χ4n) is 4.75. The molecule has 0 aromatic rings. The van der Waals surface area contributed by atoms with Crippen LogP contribution in [0.2, 0.25) is 0 Å². The Morgan fingerprint density at radius 1 is 0.641 bits per heavy atom. The van der Waals surface area contributed by atoms with E-state index in [9.17, 15) is 0 Å². The van der Waals surface area contributed by atoms with Gasteiger partial charge in [0.1, 0.15) is 0 Å². The Bertz CT molecular complexity index is 465. The Balaban J connectivity index is 3.41. The molecule has 0 bridgehead atoms. The number of rotatable bonds is 34. The molecule has 0 spiro atoms. The molecule has 0 saturated heterocycles. The summed E-state index contributed by atoms with van der Waals surface area (Å²) in [5, 5.41) is 10.2. The first-order valence-electron chi connectivity index (χ1n) is 17.0. The Kier molecular flexibility index (Phi) is 34.8. The molecule has 5 N–H and O–H groups in total. The summed E-state index contributed by atoms with van der Waals surface area (Å²) in [7, 11) is 0. The summed E-state index contributed by atoms with van der Waals surface area (Å²) in [6.45, 7) is 12.2. The van der Waals surface area contributed by atoms with Crippen LogP contribution in [0, 0.1) is 0 Å². The van der Waals surface area contributed by atoms with Crippen molar-refractivity contribution in [1.82, 2.24) is 16.0 Å². The number of unbranched alkanes of at least 4 members (excludes halogenated alkanes) is 16. The second kappa shape index (κ2) is 35.4. The number of hydrogen-bond donors (Lipinski definition) is 4. The first-order valence-corrected chi connectivity index (χ1v) is 17.0. The highest BCUT2D eigenvalue weighted by Gasteiger charge is 2.07. The maximum absolute atomic E-state index is 5.92. The normalized spacial score (nSPS) is 12.5. The largest absolute Gasteiger partial charge is 0.388 e. The minimum Gasteiger partial charge on any atom is -0.388 e. The molecule has 6 heteroatoms. The summed E-state index contributed by atoms with van der Waals surface area (Å²) in [5.41, 5.74) is 5.49. The van der Waals surface area contributed by atoms with Gasteiger partial charge in [-0.3, -0.25) is 0 Å². The summed E-state index contributed by atoms with van der Waals surface area (Å²) < 4.78 is 11.8. The van der Waals surface area contributed by atoms with Gasteiger partial charge in [0, 0.05) is 26.3 Å². The van der Waals surface area contributed by atoms with Crippen molar-refractivity contribution in [3.8, 4) is 0 Å². The molecule has 39 heavy (non-hydrogen) atoms. The zero-order chi connectivity index (χ0) is 28.3. The molecule has 0 amide bonds. The summed E-state index contributed by atoms with van der Waals surface area (Å²) in [6.07, 6.45) is 30.1. The molecule has 0 aliphatic heterocycles. The number of nitrogens with one attached hydrogen (secondary N) is 3. The minimum atomic E-state index is 0.112. The first-order chi connectivity index (χ1) is 19.3. The van der Waals surface area contributed by atoms with E-state index in [0.29, 0.717) is 6.61 Å². The van der Waals surface area contributed by atoms with E-state index in [1.807, 2.05) is 6.20 Å². The molecule has 0 fully saturated rings. The molecule has 6 nitrogen and oxygen atoms in total. The third-order valence-corrected chi connectivity index (χ3v) is 7.21. The van der Waals surface area contributed by atoms with Gasteiger partial charge in [0.25, 0.3) is 0 Å². The van der Waals surface area contributed by atoms with Crippen molar-refractivity contribution >= 4 is 0 Å². The van der Waals surface area contributed by atoms with Gasteiger partial charge in [-0.15, -0.1) is 0 Å². The van der Waals surface area contributed by atoms with E-state index in [1.54, 1.807) is 0 Å². The van der Waals surface area contributed by atoms with Crippen LogP contribution in [0.1, 0.15) is 136 Å². The second-order valence-corrected chi connectivity index (χ2v) is 11.1. The van der Waals surface area contributed by atoms with Gasteiger partial charge in [-0.2, -0.15) is 0 Å². The zero-order valence-electron chi connectivity index (χ0n) is 26.4. The summed E-state index contributed by atoms with van der Waals surface area (Å²) in [6, 6.07) is 0. The van der Waals surface area contributed by atoms with E-state index >= 15 is 0 Å². The monoisotopic (exact) mass is 555 g/mol. The highest BCUT2D eigenvalue weighted by Crippen LogP contribution is 2.13. The lowest BCUT2D eigenvalue weighted by molar-refractivity contribution is -0.00998. The van der Waals surface area contributed by atoms with Crippen LogP contribution in [0.3, 0.4) is 0 Å². The van der Waals surface area contributed by atoms with Crippen molar-refractivity contribution in [2.45, 2.75) is 142 Å². The summed E-state index contributed by atoms with van der Waals surface area (Å²) in [5.74, 6) is 0. The fraction of sp³-hybridized carbons (Fsp3) is 0.939. The Hall–Kier alpha value is -0.660. The van der Waals surface area contributed by atoms with Crippen LogP contribution in [0.15, 0.2) is 12.3 Å². The lowest BCUT2D eigenvalue weighted by atomic mass is 10.0. The van der Waals surface area contributed by atoms with Gasteiger partial charge in [0.15, 0.2) is 0 Å². The molecule has 0 heterocycles. The molecule has 234 valence electrons. The van der Waals surface area contributed by atoms with Crippen LogP contribution in [-0.2, 0) is 9.47 Å². The van der Waals surface area contributed by atoms with Crippen LogP contribution in [-0.4, -0.2) is 65.2 Å². The number of ether oxygens (including phenoxy) is 2. The molecule has 0 rings (SSSR count).